The van der Waals surface area contributed by atoms with Gasteiger partial charge >= 0.3 is 5.97 Å². The lowest BCUT2D eigenvalue weighted by molar-refractivity contribution is -0.129. The standard InChI is InChI=1S/C25H27NO3/c1-26(2)18-22-10-6-9-21(25(22)28)17-20-11-14-23(15-12-20)29-24(27)16-13-19-7-4-3-5-8-19/h3-5,7-8,11-17,22H,6,9-10,18H2,1-2H3/t22-/m1/s1. The Kier molecular flexibility index (Phi) is 7.14. The Morgan fingerprint density at radius 1 is 1.07 bits per heavy atom. The Morgan fingerprint density at radius 2 is 1.79 bits per heavy atom. The Balaban J connectivity index is 1.61. The third-order valence-corrected chi connectivity index (χ3v) is 4.92. The van der Waals surface area contributed by atoms with Crippen molar-refractivity contribution in [3.63, 3.8) is 0 Å². The normalized spacial score (nSPS) is 18.5. The van der Waals surface area contributed by atoms with E-state index < -0.39 is 5.97 Å². The minimum absolute atomic E-state index is 0.0848. The molecule has 1 aliphatic rings. The van der Waals surface area contributed by atoms with Crippen LogP contribution in [0.5, 0.6) is 5.75 Å². The van der Waals surface area contributed by atoms with Crippen LogP contribution < -0.4 is 4.74 Å². The van der Waals surface area contributed by atoms with Crippen LogP contribution in [-0.4, -0.2) is 37.3 Å². The second-order valence-corrected chi connectivity index (χ2v) is 7.62. The molecule has 1 atom stereocenters. The van der Waals surface area contributed by atoms with Gasteiger partial charge in [-0.1, -0.05) is 42.5 Å². The third kappa shape index (κ3) is 6.26. The zero-order valence-corrected chi connectivity index (χ0v) is 17.0. The van der Waals surface area contributed by atoms with E-state index in [1.165, 1.54) is 6.08 Å². The van der Waals surface area contributed by atoms with Gasteiger partial charge in [0.25, 0.3) is 0 Å². The summed E-state index contributed by atoms with van der Waals surface area (Å²) in [5.74, 6) is 0.400. The van der Waals surface area contributed by atoms with Crippen molar-refractivity contribution >= 4 is 23.9 Å². The van der Waals surface area contributed by atoms with Gasteiger partial charge in [0.1, 0.15) is 5.75 Å². The molecular weight excluding hydrogens is 362 g/mol. The van der Waals surface area contributed by atoms with Gasteiger partial charge in [0, 0.05) is 18.5 Å². The van der Waals surface area contributed by atoms with E-state index in [9.17, 15) is 9.59 Å². The molecule has 0 heterocycles. The van der Waals surface area contributed by atoms with Crippen molar-refractivity contribution in [2.24, 2.45) is 5.92 Å². The minimum Gasteiger partial charge on any atom is -0.423 e. The summed E-state index contributed by atoms with van der Waals surface area (Å²) in [5, 5.41) is 0. The molecule has 0 unspecified atom stereocenters. The number of ketones is 1. The molecular formula is C25H27NO3. The van der Waals surface area contributed by atoms with Gasteiger partial charge in [-0.2, -0.15) is 0 Å². The molecule has 0 N–H and O–H groups in total. The number of benzene rings is 2. The van der Waals surface area contributed by atoms with E-state index in [1.807, 2.05) is 62.6 Å². The van der Waals surface area contributed by atoms with Gasteiger partial charge in [-0.25, -0.2) is 4.79 Å². The fourth-order valence-electron chi connectivity index (χ4n) is 3.53. The molecule has 1 aliphatic carbocycles. The van der Waals surface area contributed by atoms with Gasteiger partial charge in [-0.15, -0.1) is 0 Å². The van der Waals surface area contributed by atoms with Crippen LogP contribution in [0.1, 0.15) is 30.4 Å². The van der Waals surface area contributed by atoms with Crippen LogP contribution in [0.25, 0.3) is 12.2 Å². The number of carbonyl (C=O) groups excluding carboxylic acids is 2. The van der Waals surface area contributed by atoms with Gasteiger partial charge in [0.15, 0.2) is 5.78 Å². The molecule has 0 aromatic heterocycles. The number of allylic oxidation sites excluding steroid dienone is 1. The summed E-state index contributed by atoms with van der Waals surface area (Å²) in [6.45, 7) is 0.793. The molecule has 1 saturated carbocycles. The topological polar surface area (TPSA) is 46.6 Å². The minimum atomic E-state index is -0.422. The summed E-state index contributed by atoms with van der Waals surface area (Å²) >= 11 is 0. The monoisotopic (exact) mass is 389 g/mol. The molecule has 0 saturated heterocycles. The van der Waals surface area contributed by atoms with Crippen LogP contribution in [-0.2, 0) is 9.59 Å². The van der Waals surface area contributed by atoms with E-state index in [2.05, 4.69) is 4.90 Å². The maximum absolute atomic E-state index is 12.7. The molecule has 0 bridgehead atoms. The molecule has 4 heteroatoms. The number of rotatable bonds is 6. The molecule has 3 rings (SSSR count). The number of carbonyl (C=O) groups is 2. The lowest BCUT2D eigenvalue weighted by Crippen LogP contribution is -2.31. The first kappa shape index (κ1) is 20.7. The molecule has 29 heavy (non-hydrogen) atoms. The summed E-state index contributed by atoms with van der Waals surface area (Å²) in [5.41, 5.74) is 2.77. The van der Waals surface area contributed by atoms with Gasteiger partial charge < -0.3 is 9.64 Å². The number of nitrogens with zero attached hydrogens (tertiary/aromatic N) is 1. The fraction of sp³-hybridized carbons (Fsp3) is 0.280. The summed E-state index contributed by atoms with van der Waals surface area (Å²) in [6.07, 6.45) is 7.92. The first-order valence-electron chi connectivity index (χ1n) is 9.96. The van der Waals surface area contributed by atoms with Crippen molar-refractivity contribution in [3.8, 4) is 5.75 Å². The lowest BCUT2D eigenvalue weighted by Gasteiger charge is -2.25. The molecule has 1 fully saturated rings. The molecule has 0 amide bonds. The second kappa shape index (κ2) is 9.99. The molecule has 4 nitrogen and oxygen atoms in total. The largest absolute Gasteiger partial charge is 0.423 e. The highest BCUT2D eigenvalue weighted by Crippen LogP contribution is 2.27. The first-order valence-corrected chi connectivity index (χ1v) is 9.96. The quantitative estimate of drug-likeness (QED) is 0.411. The van der Waals surface area contributed by atoms with E-state index in [4.69, 9.17) is 4.74 Å². The highest BCUT2D eigenvalue weighted by atomic mass is 16.5. The third-order valence-electron chi connectivity index (χ3n) is 4.92. The summed E-state index contributed by atoms with van der Waals surface area (Å²) < 4.78 is 5.34. The van der Waals surface area contributed by atoms with Crippen molar-refractivity contribution < 1.29 is 14.3 Å². The molecule has 2 aromatic carbocycles. The zero-order valence-electron chi connectivity index (χ0n) is 17.0. The van der Waals surface area contributed by atoms with Crippen LogP contribution in [0.15, 0.2) is 66.2 Å². The maximum atomic E-state index is 12.7. The van der Waals surface area contributed by atoms with Gasteiger partial charge in [0.05, 0.1) is 0 Å². The smallest absolute Gasteiger partial charge is 0.336 e. The Labute approximate surface area is 172 Å². The molecule has 2 aromatic rings. The van der Waals surface area contributed by atoms with Crippen LogP contribution in [0.3, 0.4) is 0 Å². The summed E-state index contributed by atoms with van der Waals surface area (Å²) in [6, 6.07) is 16.9. The molecule has 0 radical (unpaired) electrons. The highest BCUT2D eigenvalue weighted by Gasteiger charge is 2.26. The van der Waals surface area contributed by atoms with Crippen molar-refractivity contribution in [1.82, 2.24) is 4.90 Å². The van der Waals surface area contributed by atoms with Crippen molar-refractivity contribution in [1.29, 1.82) is 0 Å². The fourth-order valence-corrected chi connectivity index (χ4v) is 3.53. The van der Waals surface area contributed by atoms with E-state index in [0.717, 1.165) is 42.5 Å². The predicted molar refractivity (Wildman–Crippen MR) is 116 cm³/mol. The van der Waals surface area contributed by atoms with E-state index in [-0.39, 0.29) is 11.7 Å². The van der Waals surface area contributed by atoms with Crippen LogP contribution >= 0.6 is 0 Å². The predicted octanol–water partition coefficient (Wildman–Crippen LogP) is 4.62. The Hall–Kier alpha value is -2.98. The molecule has 0 aliphatic heterocycles. The van der Waals surface area contributed by atoms with Crippen LogP contribution in [0.4, 0.5) is 0 Å². The van der Waals surface area contributed by atoms with E-state index in [1.54, 1.807) is 18.2 Å². The number of esters is 1. The maximum Gasteiger partial charge on any atom is 0.336 e. The van der Waals surface area contributed by atoms with Crippen molar-refractivity contribution in [2.45, 2.75) is 19.3 Å². The zero-order chi connectivity index (χ0) is 20.6. The lowest BCUT2D eigenvalue weighted by atomic mass is 9.83. The Bertz CT molecular complexity index is 895. The van der Waals surface area contributed by atoms with Crippen LogP contribution in [0.2, 0.25) is 0 Å². The van der Waals surface area contributed by atoms with E-state index >= 15 is 0 Å². The number of hydrogen-bond acceptors (Lipinski definition) is 4. The first-order chi connectivity index (χ1) is 14.0. The highest BCUT2D eigenvalue weighted by molar-refractivity contribution is 6.01. The van der Waals surface area contributed by atoms with Gasteiger partial charge in [0.2, 0.25) is 0 Å². The van der Waals surface area contributed by atoms with Crippen molar-refractivity contribution in [3.05, 3.63) is 77.4 Å². The van der Waals surface area contributed by atoms with Gasteiger partial charge in [-0.05, 0) is 74.3 Å². The van der Waals surface area contributed by atoms with Gasteiger partial charge in [-0.3, -0.25) is 4.79 Å². The SMILES string of the molecule is CN(C)C[C@H]1CCCC(=Cc2ccc(OC(=O)C=Cc3ccccc3)cc2)C1=O. The van der Waals surface area contributed by atoms with Crippen molar-refractivity contribution in [2.75, 3.05) is 20.6 Å². The summed E-state index contributed by atoms with van der Waals surface area (Å²) in [7, 11) is 4.00. The average molecular weight is 389 g/mol. The number of hydrogen-bond donors (Lipinski definition) is 0. The number of ether oxygens (including phenoxy) is 1. The number of Topliss-reactive ketones (excluding diaryl/α,β-unsaturated/α-hetero) is 1. The van der Waals surface area contributed by atoms with E-state index in [0.29, 0.717) is 5.75 Å². The average Bonchev–Trinajstić information content (AvgIpc) is 2.71. The molecule has 150 valence electrons. The van der Waals surface area contributed by atoms with Crippen LogP contribution in [0, 0.1) is 5.92 Å². The Morgan fingerprint density at radius 3 is 2.48 bits per heavy atom. The summed E-state index contributed by atoms with van der Waals surface area (Å²) in [4.78, 5) is 26.8. The second-order valence-electron chi connectivity index (χ2n) is 7.62. The molecule has 0 spiro atoms.